The Morgan fingerprint density at radius 1 is 0.742 bits per heavy atom. The van der Waals surface area contributed by atoms with Crippen LogP contribution in [-0.2, 0) is 28.5 Å². The fourth-order valence-electron chi connectivity index (χ4n) is 4.10. The van der Waals surface area contributed by atoms with Crippen molar-refractivity contribution in [2.24, 2.45) is 17.8 Å². The molecule has 0 bridgehead atoms. The van der Waals surface area contributed by atoms with E-state index in [1.807, 2.05) is 0 Å². The van der Waals surface area contributed by atoms with Gasteiger partial charge in [-0.2, -0.15) is 0 Å². The van der Waals surface area contributed by atoms with Crippen LogP contribution in [0.15, 0.2) is 0 Å². The number of nitrogens with one attached hydrogen (secondary N) is 1. The van der Waals surface area contributed by atoms with E-state index in [2.05, 4.69) is 5.32 Å². The molecule has 2 aliphatic rings. The maximum atomic E-state index is 11.8. The van der Waals surface area contributed by atoms with Crippen LogP contribution in [0.3, 0.4) is 0 Å². The molecule has 0 spiro atoms. The summed E-state index contributed by atoms with van der Waals surface area (Å²) in [5.74, 6) is 2.15. The molecule has 1 unspecified atom stereocenters. The SMILES string of the molecule is O=C(I)CCOCCOCCOCCOCCNC(=O)OCC1[C@H]2CCCCCC[C@@H]12. The zero-order chi connectivity index (χ0) is 22.2. The minimum Gasteiger partial charge on any atom is -0.449 e. The molecule has 9 heteroatoms. The molecule has 2 saturated carbocycles. The first-order valence-electron chi connectivity index (χ1n) is 11.6. The highest BCUT2D eigenvalue weighted by molar-refractivity contribution is 14.1. The van der Waals surface area contributed by atoms with Gasteiger partial charge in [0.25, 0.3) is 0 Å². The fraction of sp³-hybridized carbons (Fsp3) is 0.909. The second-order valence-corrected chi connectivity index (χ2v) is 9.27. The standard InChI is InChI=1S/C22H38INO7/c23-21(25)7-9-27-11-13-29-15-16-30-14-12-28-10-8-24-22(26)31-17-20-18-5-3-1-2-4-6-19(18)20/h18-20H,1-17H2,(H,24,26)/t18-,19+,20?. The summed E-state index contributed by atoms with van der Waals surface area (Å²) in [7, 11) is 0. The molecular formula is C22H38INO7. The number of alkyl carbamates (subject to hydrolysis) is 1. The molecule has 0 heterocycles. The quantitative estimate of drug-likeness (QED) is 0.167. The van der Waals surface area contributed by atoms with E-state index in [1.54, 1.807) is 22.6 Å². The number of rotatable bonds is 17. The average Bonchev–Trinajstić information content (AvgIpc) is 3.38. The van der Waals surface area contributed by atoms with Gasteiger partial charge in [-0.3, -0.25) is 4.79 Å². The van der Waals surface area contributed by atoms with Crippen molar-refractivity contribution in [1.29, 1.82) is 0 Å². The van der Waals surface area contributed by atoms with E-state index in [4.69, 9.17) is 23.7 Å². The number of ether oxygens (including phenoxy) is 5. The number of halogens is 1. The van der Waals surface area contributed by atoms with Crippen molar-refractivity contribution in [3.63, 3.8) is 0 Å². The highest BCUT2D eigenvalue weighted by atomic mass is 127. The van der Waals surface area contributed by atoms with Crippen LogP contribution in [0.5, 0.6) is 0 Å². The Morgan fingerprint density at radius 3 is 1.81 bits per heavy atom. The fourth-order valence-corrected chi connectivity index (χ4v) is 4.32. The monoisotopic (exact) mass is 555 g/mol. The van der Waals surface area contributed by atoms with E-state index in [0.717, 1.165) is 11.8 Å². The summed E-state index contributed by atoms with van der Waals surface area (Å²) >= 11 is 1.76. The maximum Gasteiger partial charge on any atom is 0.407 e. The van der Waals surface area contributed by atoms with Gasteiger partial charge in [0.2, 0.25) is 0 Å². The van der Waals surface area contributed by atoms with Gasteiger partial charge >= 0.3 is 6.09 Å². The molecule has 2 rings (SSSR count). The largest absolute Gasteiger partial charge is 0.449 e. The summed E-state index contributed by atoms with van der Waals surface area (Å²) in [6.45, 7) is 4.75. The second-order valence-electron chi connectivity index (χ2n) is 8.06. The predicted molar refractivity (Wildman–Crippen MR) is 124 cm³/mol. The molecule has 180 valence electrons. The Morgan fingerprint density at radius 2 is 1.26 bits per heavy atom. The first-order valence-corrected chi connectivity index (χ1v) is 12.7. The summed E-state index contributed by atoms with van der Waals surface area (Å²) in [5, 5.41) is 2.74. The molecule has 0 aromatic rings. The zero-order valence-electron chi connectivity index (χ0n) is 18.5. The van der Waals surface area contributed by atoms with Crippen molar-refractivity contribution in [1.82, 2.24) is 5.32 Å². The summed E-state index contributed by atoms with van der Waals surface area (Å²) in [5.41, 5.74) is 0. The normalized spacial score (nSPS) is 22.8. The number of amides is 1. The van der Waals surface area contributed by atoms with Gasteiger partial charge in [0.1, 0.15) is 0 Å². The van der Waals surface area contributed by atoms with Crippen molar-refractivity contribution in [2.75, 3.05) is 66.0 Å². The van der Waals surface area contributed by atoms with Gasteiger partial charge in [0.05, 0.1) is 59.5 Å². The molecule has 3 atom stereocenters. The molecule has 0 aromatic heterocycles. The van der Waals surface area contributed by atoms with Gasteiger partial charge < -0.3 is 29.0 Å². The molecule has 0 radical (unpaired) electrons. The molecule has 8 nitrogen and oxygen atoms in total. The van der Waals surface area contributed by atoms with E-state index in [0.29, 0.717) is 78.3 Å². The van der Waals surface area contributed by atoms with Crippen LogP contribution in [0.1, 0.15) is 44.9 Å². The summed E-state index contributed by atoms with van der Waals surface area (Å²) in [4.78, 5) is 22.5. The molecule has 2 fully saturated rings. The third-order valence-corrected chi connectivity index (χ3v) is 6.35. The van der Waals surface area contributed by atoms with Crippen molar-refractivity contribution in [3.05, 3.63) is 0 Å². The molecule has 31 heavy (non-hydrogen) atoms. The number of hydrogen-bond acceptors (Lipinski definition) is 7. The zero-order valence-corrected chi connectivity index (χ0v) is 20.6. The summed E-state index contributed by atoms with van der Waals surface area (Å²) in [6.07, 6.45) is 8.07. The van der Waals surface area contributed by atoms with Gasteiger partial charge in [-0.25, -0.2) is 4.79 Å². The van der Waals surface area contributed by atoms with Crippen LogP contribution >= 0.6 is 22.6 Å². The second kappa shape index (κ2) is 17.0. The van der Waals surface area contributed by atoms with E-state index in [9.17, 15) is 9.59 Å². The van der Waals surface area contributed by atoms with Crippen LogP contribution < -0.4 is 5.32 Å². The van der Waals surface area contributed by atoms with Crippen LogP contribution in [0.4, 0.5) is 4.79 Å². The Balaban J connectivity index is 1.28. The van der Waals surface area contributed by atoms with Gasteiger partial charge in [0, 0.05) is 13.0 Å². The number of fused-ring (bicyclic) bond motifs is 1. The van der Waals surface area contributed by atoms with Crippen molar-refractivity contribution >= 4 is 32.5 Å². The molecular weight excluding hydrogens is 517 g/mol. The Labute approximate surface area is 199 Å². The van der Waals surface area contributed by atoms with Gasteiger partial charge in [-0.05, 0) is 53.2 Å². The lowest BCUT2D eigenvalue weighted by Crippen LogP contribution is -2.29. The summed E-state index contributed by atoms with van der Waals surface area (Å²) < 4.78 is 27.0. The lowest BCUT2D eigenvalue weighted by Gasteiger charge is -2.08. The van der Waals surface area contributed by atoms with Crippen molar-refractivity contribution in [3.8, 4) is 0 Å². The third-order valence-electron chi connectivity index (χ3n) is 5.82. The van der Waals surface area contributed by atoms with Crippen LogP contribution in [-0.4, -0.2) is 75.9 Å². The first-order chi connectivity index (χ1) is 15.2. The molecule has 0 aromatic carbocycles. The smallest absolute Gasteiger partial charge is 0.407 e. The highest BCUT2D eigenvalue weighted by Crippen LogP contribution is 2.53. The van der Waals surface area contributed by atoms with E-state index < -0.39 is 0 Å². The molecule has 1 N–H and O–H groups in total. The highest BCUT2D eigenvalue weighted by Gasteiger charge is 2.49. The van der Waals surface area contributed by atoms with E-state index in [1.165, 1.54) is 38.5 Å². The minimum absolute atomic E-state index is 0.0984. The van der Waals surface area contributed by atoms with E-state index in [-0.39, 0.29) is 9.88 Å². The molecule has 1 amide bonds. The molecule has 0 saturated heterocycles. The van der Waals surface area contributed by atoms with Crippen LogP contribution in [0, 0.1) is 17.8 Å². The number of carbonyl (C=O) groups excluding carboxylic acids is 2. The predicted octanol–water partition coefficient (Wildman–Crippen LogP) is 3.35. The van der Waals surface area contributed by atoms with Crippen molar-refractivity contribution < 1.29 is 33.3 Å². The van der Waals surface area contributed by atoms with Gasteiger partial charge in [0.15, 0.2) is 3.79 Å². The van der Waals surface area contributed by atoms with Crippen LogP contribution in [0.25, 0.3) is 0 Å². The lowest BCUT2D eigenvalue weighted by molar-refractivity contribution is -0.110. The first kappa shape index (κ1) is 26.8. The molecule has 2 aliphatic carbocycles. The minimum atomic E-state index is -0.346. The topological polar surface area (TPSA) is 92.3 Å². The van der Waals surface area contributed by atoms with E-state index >= 15 is 0 Å². The lowest BCUT2D eigenvalue weighted by atomic mass is 10.0. The summed E-state index contributed by atoms with van der Waals surface area (Å²) in [6, 6.07) is 0. The average molecular weight is 555 g/mol. The third kappa shape index (κ3) is 13.0. The van der Waals surface area contributed by atoms with Gasteiger partial charge in [-0.1, -0.05) is 25.7 Å². The Hall–Kier alpha value is -0.490. The van der Waals surface area contributed by atoms with Crippen molar-refractivity contribution in [2.45, 2.75) is 44.9 Å². The Bertz CT molecular complexity index is 494. The van der Waals surface area contributed by atoms with Crippen LogP contribution in [0.2, 0.25) is 0 Å². The Kier molecular flexibility index (Phi) is 14.7. The van der Waals surface area contributed by atoms with Gasteiger partial charge in [-0.15, -0.1) is 0 Å². The maximum absolute atomic E-state index is 11.8. The number of hydrogen-bond donors (Lipinski definition) is 1. The number of carbonyl (C=O) groups is 2. The molecule has 0 aliphatic heterocycles.